The number of carboxylic acid groups (broad SMARTS) is 1. The van der Waals surface area contributed by atoms with E-state index in [1.807, 2.05) is 0 Å². The van der Waals surface area contributed by atoms with Gasteiger partial charge in [0.15, 0.2) is 0 Å². The molecule has 1 unspecified atom stereocenters. The maximum absolute atomic E-state index is 10.4. The number of rotatable bonds is 2. The van der Waals surface area contributed by atoms with Crippen LogP contribution in [0.5, 0.6) is 0 Å². The summed E-state index contributed by atoms with van der Waals surface area (Å²) in [4.78, 5) is 10.4. The molecule has 2 N–H and O–H groups in total. The van der Waals surface area contributed by atoms with E-state index in [9.17, 15) is 9.90 Å². The third-order valence-corrected chi connectivity index (χ3v) is 1.84. The minimum atomic E-state index is -1.33. The topological polar surface area (TPSA) is 66.2 Å². The fraction of sp³-hybridized carbons (Fsp3) is 0.125. The summed E-state index contributed by atoms with van der Waals surface area (Å²) < 4.78 is 0. The average molecular weight is 224 g/mol. The Morgan fingerprint density at radius 2 is 2.00 bits per heavy atom. The molecular weight excluding hydrogens is 217 g/mol. The second-order valence-corrected chi connectivity index (χ2v) is 2.73. The maximum atomic E-state index is 10.4. The Kier molecular flexibility index (Phi) is 6.41. The smallest absolute Gasteiger partial charge is 0.548 e. The van der Waals surface area contributed by atoms with Crippen molar-refractivity contribution in [1.82, 2.24) is 0 Å². The van der Waals surface area contributed by atoms with Crippen LogP contribution in [0.3, 0.4) is 0 Å². The zero-order valence-corrected chi connectivity index (χ0v) is 11.0. The number of nitrogens with two attached hydrogens (primary N) is 1. The molecule has 0 fully saturated rings. The van der Waals surface area contributed by atoms with Crippen molar-refractivity contribution in [1.29, 1.82) is 0 Å². The van der Waals surface area contributed by atoms with Crippen LogP contribution in [0.1, 0.15) is 11.6 Å². The van der Waals surface area contributed by atoms with Crippen LogP contribution in [0, 0.1) is 0 Å². The molecule has 0 aliphatic carbocycles. The van der Waals surface area contributed by atoms with Crippen LogP contribution in [-0.2, 0) is 4.79 Å². The van der Waals surface area contributed by atoms with Crippen molar-refractivity contribution < 1.29 is 61.3 Å². The molecule has 0 aliphatic heterocycles. The summed E-state index contributed by atoms with van der Waals surface area (Å²) in [5, 5.41) is 10.7. The van der Waals surface area contributed by atoms with Crippen LogP contribution < -0.4 is 62.2 Å². The molecule has 1 atom stereocenters. The van der Waals surface area contributed by atoms with Crippen molar-refractivity contribution in [3.8, 4) is 0 Å². The molecule has 3 nitrogen and oxygen atoms in total. The minimum Gasteiger partial charge on any atom is -0.548 e. The van der Waals surface area contributed by atoms with Crippen LogP contribution in [0.25, 0.3) is 0 Å². The van der Waals surface area contributed by atoms with Gasteiger partial charge in [0.25, 0.3) is 0 Å². The summed E-state index contributed by atoms with van der Waals surface area (Å²) in [6, 6.07) is 5.36. The Bertz CT molecular complexity index is 306. The Balaban J connectivity index is 0.00000144. The molecule has 0 saturated heterocycles. The molecule has 0 radical (unpaired) electrons. The van der Waals surface area contributed by atoms with Crippen LogP contribution in [-0.4, -0.2) is 5.97 Å². The van der Waals surface area contributed by atoms with Gasteiger partial charge in [-0.3, -0.25) is 0 Å². The standard InChI is InChI=1S/C8H8ClNO2.K/c9-6-4-2-1-3-5(6)7(10)8(11)12;/h1-4,7H,10H2,(H,11,12);/q;+1/p-1. The van der Waals surface area contributed by atoms with E-state index in [1.165, 1.54) is 0 Å². The Hall–Kier alpha value is 0.576. The van der Waals surface area contributed by atoms with Crippen LogP contribution in [0.15, 0.2) is 24.3 Å². The van der Waals surface area contributed by atoms with Crippen molar-refractivity contribution in [3.05, 3.63) is 34.9 Å². The molecule has 0 heterocycles. The van der Waals surface area contributed by atoms with Gasteiger partial charge in [-0.15, -0.1) is 0 Å². The number of carboxylic acids is 1. The number of hydrogen-bond donors (Lipinski definition) is 1. The number of halogens is 1. The summed E-state index contributed by atoms with van der Waals surface area (Å²) >= 11 is 5.69. The van der Waals surface area contributed by atoms with Gasteiger partial charge in [-0.05, 0) is 11.6 Å². The zero-order valence-electron chi connectivity index (χ0n) is 7.16. The normalized spacial score (nSPS) is 11.5. The number of benzene rings is 1. The second kappa shape index (κ2) is 6.13. The molecule has 64 valence electrons. The van der Waals surface area contributed by atoms with Crippen molar-refractivity contribution >= 4 is 17.6 Å². The molecule has 1 aromatic carbocycles. The quantitative estimate of drug-likeness (QED) is 0.547. The minimum absolute atomic E-state index is 0. The van der Waals surface area contributed by atoms with E-state index in [-0.39, 0.29) is 51.4 Å². The fourth-order valence-electron chi connectivity index (χ4n) is 0.854. The summed E-state index contributed by atoms with van der Waals surface area (Å²) in [5.41, 5.74) is 5.67. The Morgan fingerprint density at radius 3 is 2.46 bits per heavy atom. The van der Waals surface area contributed by atoms with E-state index in [4.69, 9.17) is 17.3 Å². The van der Waals surface area contributed by atoms with Gasteiger partial charge in [-0.2, -0.15) is 0 Å². The maximum Gasteiger partial charge on any atom is 1.00 e. The van der Waals surface area contributed by atoms with Crippen molar-refractivity contribution in [2.24, 2.45) is 5.73 Å². The van der Waals surface area contributed by atoms with Gasteiger partial charge in [0.2, 0.25) is 0 Å². The second-order valence-electron chi connectivity index (χ2n) is 2.32. The number of aliphatic carboxylic acids is 1. The predicted octanol–water partition coefficient (Wildman–Crippen LogP) is -2.91. The molecule has 0 aromatic heterocycles. The van der Waals surface area contributed by atoms with E-state index >= 15 is 0 Å². The van der Waals surface area contributed by atoms with Crippen molar-refractivity contribution in [2.75, 3.05) is 0 Å². The first-order valence-corrected chi connectivity index (χ1v) is 3.71. The summed E-state index contributed by atoms with van der Waals surface area (Å²) in [6.45, 7) is 0. The first-order chi connectivity index (χ1) is 5.63. The van der Waals surface area contributed by atoms with Crippen LogP contribution in [0.2, 0.25) is 5.02 Å². The van der Waals surface area contributed by atoms with E-state index in [1.54, 1.807) is 24.3 Å². The molecular formula is C8H7ClKNO2. The van der Waals surface area contributed by atoms with Gasteiger partial charge in [0.05, 0.1) is 12.0 Å². The van der Waals surface area contributed by atoms with Gasteiger partial charge in [-0.1, -0.05) is 29.8 Å². The Labute approximate surface area is 124 Å². The average Bonchev–Trinajstić information content (AvgIpc) is 2.04. The van der Waals surface area contributed by atoms with E-state index < -0.39 is 12.0 Å². The summed E-state index contributed by atoms with van der Waals surface area (Å²) in [7, 11) is 0. The van der Waals surface area contributed by atoms with E-state index in [2.05, 4.69) is 0 Å². The van der Waals surface area contributed by atoms with Crippen LogP contribution in [0.4, 0.5) is 0 Å². The molecule has 5 heteroatoms. The van der Waals surface area contributed by atoms with E-state index in [0.29, 0.717) is 10.6 Å². The molecule has 13 heavy (non-hydrogen) atoms. The largest absolute Gasteiger partial charge is 1.00 e. The monoisotopic (exact) mass is 223 g/mol. The molecule has 1 rings (SSSR count). The van der Waals surface area contributed by atoms with Gasteiger partial charge in [0, 0.05) is 5.02 Å². The molecule has 0 saturated carbocycles. The van der Waals surface area contributed by atoms with Crippen LogP contribution >= 0.6 is 11.6 Å². The first-order valence-electron chi connectivity index (χ1n) is 3.34. The number of hydrogen-bond acceptors (Lipinski definition) is 3. The summed E-state index contributed by atoms with van der Waals surface area (Å²) in [6.07, 6.45) is 0. The zero-order chi connectivity index (χ0) is 9.14. The van der Waals surface area contributed by atoms with Crippen molar-refractivity contribution in [2.45, 2.75) is 6.04 Å². The Morgan fingerprint density at radius 1 is 1.46 bits per heavy atom. The van der Waals surface area contributed by atoms with E-state index in [0.717, 1.165) is 0 Å². The summed E-state index contributed by atoms with van der Waals surface area (Å²) in [5.74, 6) is -1.33. The van der Waals surface area contributed by atoms with Gasteiger partial charge in [-0.25, -0.2) is 0 Å². The third kappa shape index (κ3) is 3.67. The molecule has 0 bridgehead atoms. The van der Waals surface area contributed by atoms with Gasteiger partial charge in [0.1, 0.15) is 0 Å². The fourth-order valence-corrected chi connectivity index (χ4v) is 1.11. The van der Waals surface area contributed by atoms with Gasteiger partial charge >= 0.3 is 51.4 Å². The van der Waals surface area contributed by atoms with Crippen molar-refractivity contribution in [3.63, 3.8) is 0 Å². The molecule has 0 amide bonds. The molecule has 0 aliphatic rings. The SMILES string of the molecule is NC(C(=O)[O-])c1ccccc1Cl.[K+]. The first kappa shape index (κ1) is 13.6. The third-order valence-electron chi connectivity index (χ3n) is 1.49. The van der Waals surface area contributed by atoms with Gasteiger partial charge < -0.3 is 15.6 Å². The predicted molar refractivity (Wildman–Crippen MR) is 43.4 cm³/mol. The number of carbonyl (C=O) groups is 1. The molecule has 1 aromatic rings. The number of carbonyl (C=O) groups excluding carboxylic acids is 1. The molecule has 0 spiro atoms.